The van der Waals surface area contributed by atoms with Gasteiger partial charge in [0, 0.05) is 35.9 Å². The first-order chi connectivity index (χ1) is 12.1. The van der Waals surface area contributed by atoms with Crippen molar-refractivity contribution in [3.63, 3.8) is 0 Å². The first-order valence-corrected chi connectivity index (χ1v) is 11.4. The fourth-order valence-corrected chi connectivity index (χ4v) is 4.42. The Balaban J connectivity index is 2.03. The van der Waals surface area contributed by atoms with Gasteiger partial charge in [-0.2, -0.15) is 11.8 Å². The van der Waals surface area contributed by atoms with Gasteiger partial charge in [-0.3, -0.25) is 0 Å². The van der Waals surface area contributed by atoms with Crippen LogP contribution < -0.4 is 10.6 Å². The average molecular weight is 382 g/mol. The Bertz CT molecular complexity index is 572. The van der Waals surface area contributed by atoms with Gasteiger partial charge in [0.25, 0.3) is 0 Å². The molecule has 0 spiro atoms. The molecule has 0 radical (unpaired) electrons. The van der Waals surface area contributed by atoms with Gasteiger partial charge in [-0.25, -0.2) is 4.99 Å². The number of aliphatic imine (C=N–C) groups is 1. The molecule has 0 atom stereocenters. The molecule has 0 aromatic heterocycles. The van der Waals surface area contributed by atoms with E-state index in [0.717, 1.165) is 45.1 Å². The lowest BCUT2D eigenvalue weighted by atomic mass is 9.99. The quantitative estimate of drug-likeness (QED) is 0.428. The summed E-state index contributed by atoms with van der Waals surface area (Å²) in [5, 5.41) is 6.93. The van der Waals surface area contributed by atoms with Crippen molar-refractivity contribution in [3.8, 4) is 0 Å². The highest BCUT2D eigenvalue weighted by Crippen LogP contribution is 2.33. The fraction of sp³-hybridized carbons (Fsp3) is 0.632. The van der Waals surface area contributed by atoms with Crippen LogP contribution in [-0.4, -0.2) is 49.5 Å². The smallest absolute Gasteiger partial charge is 0.191 e. The zero-order chi connectivity index (χ0) is 18.1. The van der Waals surface area contributed by atoms with E-state index in [-0.39, 0.29) is 4.75 Å². The number of thioether (sulfide) groups is 2. The molecule has 1 aromatic carbocycles. The molecule has 1 heterocycles. The van der Waals surface area contributed by atoms with Crippen LogP contribution in [0.15, 0.2) is 28.1 Å². The number of nitrogens with zero attached hydrogens (tertiary/aromatic N) is 1. The molecule has 25 heavy (non-hydrogen) atoms. The monoisotopic (exact) mass is 381 g/mol. The second kappa shape index (κ2) is 10.3. The van der Waals surface area contributed by atoms with Crippen LogP contribution in [0.2, 0.25) is 0 Å². The third-order valence-corrected chi connectivity index (χ3v) is 6.85. The van der Waals surface area contributed by atoms with Crippen molar-refractivity contribution in [1.29, 1.82) is 0 Å². The fourth-order valence-electron chi connectivity index (χ4n) is 2.93. The highest BCUT2D eigenvalue weighted by molar-refractivity contribution is 8.00. The van der Waals surface area contributed by atoms with E-state index >= 15 is 0 Å². The Morgan fingerprint density at radius 3 is 2.64 bits per heavy atom. The van der Waals surface area contributed by atoms with Crippen molar-refractivity contribution in [2.75, 3.05) is 38.8 Å². The van der Waals surface area contributed by atoms with E-state index in [0.29, 0.717) is 6.54 Å². The van der Waals surface area contributed by atoms with Gasteiger partial charge in [-0.05, 0) is 56.4 Å². The maximum atomic E-state index is 5.53. The van der Waals surface area contributed by atoms with Gasteiger partial charge in [0.05, 0.1) is 6.54 Å². The summed E-state index contributed by atoms with van der Waals surface area (Å²) in [4.78, 5) is 6.12. The van der Waals surface area contributed by atoms with E-state index in [4.69, 9.17) is 9.73 Å². The second-order valence-electron chi connectivity index (χ2n) is 6.36. The molecule has 1 aliphatic rings. The molecule has 1 saturated heterocycles. The van der Waals surface area contributed by atoms with Gasteiger partial charge in [-0.15, -0.1) is 11.8 Å². The number of hydrogen-bond donors (Lipinski definition) is 2. The number of aryl methyl sites for hydroxylation is 1. The molecule has 0 saturated carbocycles. The molecular formula is C19H31N3OS2. The first-order valence-electron chi connectivity index (χ1n) is 8.91. The molecule has 1 fully saturated rings. The van der Waals surface area contributed by atoms with Crippen molar-refractivity contribution in [2.45, 2.75) is 42.9 Å². The molecule has 1 aromatic rings. The normalized spacial score (nSPS) is 17.4. The van der Waals surface area contributed by atoms with Crippen molar-refractivity contribution in [1.82, 2.24) is 10.6 Å². The Morgan fingerprint density at radius 1 is 1.24 bits per heavy atom. The zero-order valence-electron chi connectivity index (χ0n) is 15.9. The minimum absolute atomic E-state index is 0.253. The van der Waals surface area contributed by atoms with Crippen LogP contribution in [0.25, 0.3) is 0 Å². The Labute approximate surface area is 161 Å². The summed E-state index contributed by atoms with van der Waals surface area (Å²) in [5.74, 6) is 0.898. The van der Waals surface area contributed by atoms with E-state index < -0.39 is 0 Å². The Morgan fingerprint density at radius 2 is 2.00 bits per heavy atom. The van der Waals surface area contributed by atoms with Crippen LogP contribution in [0.5, 0.6) is 0 Å². The Kier molecular flexibility index (Phi) is 8.46. The lowest BCUT2D eigenvalue weighted by Crippen LogP contribution is -2.47. The van der Waals surface area contributed by atoms with Crippen LogP contribution in [0.1, 0.15) is 30.9 Å². The average Bonchev–Trinajstić information content (AvgIpc) is 2.65. The predicted octanol–water partition coefficient (Wildman–Crippen LogP) is 3.68. The topological polar surface area (TPSA) is 45.7 Å². The predicted molar refractivity (Wildman–Crippen MR) is 112 cm³/mol. The van der Waals surface area contributed by atoms with Crippen molar-refractivity contribution >= 4 is 29.5 Å². The summed E-state index contributed by atoms with van der Waals surface area (Å²) in [6, 6.07) is 6.59. The number of nitrogens with one attached hydrogen (secondary N) is 2. The minimum atomic E-state index is 0.253. The van der Waals surface area contributed by atoms with E-state index in [1.807, 2.05) is 11.8 Å². The van der Waals surface area contributed by atoms with Crippen molar-refractivity contribution < 1.29 is 4.74 Å². The van der Waals surface area contributed by atoms with Gasteiger partial charge in [0.1, 0.15) is 0 Å². The number of benzene rings is 1. The second-order valence-corrected chi connectivity index (χ2v) is 8.49. The van der Waals surface area contributed by atoms with Crippen LogP contribution in [0, 0.1) is 6.92 Å². The number of guanidine groups is 1. The minimum Gasteiger partial charge on any atom is -0.381 e. The van der Waals surface area contributed by atoms with E-state index in [2.05, 4.69) is 55.2 Å². The molecule has 2 rings (SSSR count). The summed E-state index contributed by atoms with van der Waals surface area (Å²) in [6.07, 6.45) is 6.51. The summed E-state index contributed by atoms with van der Waals surface area (Å²) < 4.78 is 5.78. The van der Waals surface area contributed by atoms with Crippen LogP contribution in [0.3, 0.4) is 0 Å². The van der Waals surface area contributed by atoms with Gasteiger partial charge in [0.2, 0.25) is 0 Å². The molecule has 6 heteroatoms. The lowest BCUT2D eigenvalue weighted by Gasteiger charge is -2.36. The molecule has 4 nitrogen and oxygen atoms in total. The molecular weight excluding hydrogens is 350 g/mol. The molecule has 2 N–H and O–H groups in total. The molecule has 0 aliphatic carbocycles. The van der Waals surface area contributed by atoms with Gasteiger partial charge < -0.3 is 15.4 Å². The van der Waals surface area contributed by atoms with E-state index in [1.165, 1.54) is 16.0 Å². The van der Waals surface area contributed by atoms with Crippen LogP contribution in [-0.2, 0) is 11.3 Å². The largest absolute Gasteiger partial charge is 0.381 e. The summed E-state index contributed by atoms with van der Waals surface area (Å²) in [6.45, 7) is 8.44. The van der Waals surface area contributed by atoms with Crippen LogP contribution >= 0.6 is 23.5 Å². The molecule has 140 valence electrons. The summed E-state index contributed by atoms with van der Waals surface area (Å²) in [7, 11) is 0. The first kappa shape index (κ1) is 20.5. The van der Waals surface area contributed by atoms with Crippen molar-refractivity contribution in [2.24, 2.45) is 4.99 Å². The summed E-state index contributed by atoms with van der Waals surface area (Å²) in [5.41, 5.74) is 2.57. The molecule has 0 unspecified atom stereocenters. The van der Waals surface area contributed by atoms with Gasteiger partial charge >= 0.3 is 0 Å². The third kappa shape index (κ3) is 6.12. The number of ether oxygens (including phenoxy) is 1. The van der Waals surface area contributed by atoms with E-state index in [1.54, 1.807) is 11.8 Å². The lowest BCUT2D eigenvalue weighted by molar-refractivity contribution is 0.0783. The number of hydrogen-bond acceptors (Lipinski definition) is 4. The van der Waals surface area contributed by atoms with Gasteiger partial charge in [-0.1, -0.05) is 12.1 Å². The molecule has 0 bridgehead atoms. The van der Waals surface area contributed by atoms with E-state index in [9.17, 15) is 0 Å². The highest BCUT2D eigenvalue weighted by Gasteiger charge is 2.31. The zero-order valence-corrected chi connectivity index (χ0v) is 17.5. The maximum absolute atomic E-state index is 5.53. The van der Waals surface area contributed by atoms with Crippen molar-refractivity contribution in [3.05, 3.63) is 29.3 Å². The standard InChI is InChI=1S/C19H31N3OS2/c1-5-20-18(22-14-19(25-4)8-10-23-11-9-19)21-13-16-7-6-15(2)12-17(16)24-3/h6-7,12H,5,8-11,13-14H2,1-4H3,(H2,20,21,22). The Hall–Kier alpha value is -0.850. The molecule has 0 amide bonds. The third-order valence-electron chi connectivity index (χ3n) is 4.61. The maximum Gasteiger partial charge on any atom is 0.191 e. The SMILES string of the molecule is CCNC(=NCc1ccc(C)cc1SC)NCC1(SC)CCOCC1. The highest BCUT2D eigenvalue weighted by atomic mass is 32.2. The van der Waals surface area contributed by atoms with Crippen LogP contribution in [0.4, 0.5) is 0 Å². The molecule has 1 aliphatic heterocycles. The summed E-state index contributed by atoms with van der Waals surface area (Å²) >= 11 is 3.73. The number of rotatable bonds is 7. The van der Waals surface area contributed by atoms with Gasteiger partial charge in [0.15, 0.2) is 5.96 Å².